The maximum absolute atomic E-state index is 6.03. The summed E-state index contributed by atoms with van der Waals surface area (Å²) in [6.07, 6.45) is -0.174. The lowest BCUT2D eigenvalue weighted by atomic mass is 10.2. The second kappa shape index (κ2) is 6.81. The van der Waals surface area contributed by atoms with Gasteiger partial charge in [0.2, 0.25) is 0 Å². The Balaban J connectivity index is 1.28. The Morgan fingerprint density at radius 2 is 1.43 bits per heavy atom. The summed E-state index contributed by atoms with van der Waals surface area (Å²) in [4.78, 5) is 0. The molecule has 4 atom stereocenters. The van der Waals surface area contributed by atoms with Crippen LogP contribution in [0.2, 0.25) is 0 Å². The van der Waals surface area contributed by atoms with Crippen LogP contribution in [0.3, 0.4) is 0 Å². The van der Waals surface area contributed by atoms with E-state index >= 15 is 0 Å². The van der Waals surface area contributed by atoms with E-state index in [-0.39, 0.29) is 24.6 Å². The third kappa shape index (κ3) is 3.62. The van der Waals surface area contributed by atoms with Crippen LogP contribution in [0.1, 0.15) is 11.1 Å². The zero-order valence-corrected chi connectivity index (χ0v) is 12.8. The van der Waals surface area contributed by atoms with Gasteiger partial charge < -0.3 is 18.9 Å². The molecule has 2 aromatic carbocycles. The van der Waals surface area contributed by atoms with Crippen molar-refractivity contribution in [3.8, 4) is 0 Å². The second-order valence-corrected chi connectivity index (χ2v) is 5.91. The largest absolute Gasteiger partial charge is 0.374 e. The fourth-order valence-corrected chi connectivity index (χ4v) is 2.88. The fourth-order valence-electron chi connectivity index (χ4n) is 2.88. The second-order valence-electron chi connectivity index (χ2n) is 5.91. The molecular weight excluding hydrogens is 292 g/mol. The predicted molar refractivity (Wildman–Crippen MR) is 84.7 cm³/mol. The van der Waals surface area contributed by atoms with E-state index < -0.39 is 0 Å². The Bertz CT molecular complexity index is 616. The van der Waals surface area contributed by atoms with Crippen molar-refractivity contribution < 1.29 is 18.9 Å². The van der Waals surface area contributed by atoms with Crippen molar-refractivity contribution in [3.63, 3.8) is 0 Å². The van der Waals surface area contributed by atoms with Crippen LogP contribution >= 0.6 is 0 Å². The van der Waals surface area contributed by atoms with Gasteiger partial charge in [0.1, 0.15) is 18.3 Å². The van der Waals surface area contributed by atoms with E-state index in [9.17, 15) is 0 Å². The van der Waals surface area contributed by atoms with Crippen LogP contribution in [0, 0.1) is 0 Å². The fraction of sp³-hybridized carbons (Fsp3) is 0.368. The first-order valence-corrected chi connectivity index (χ1v) is 7.98. The molecule has 2 aromatic rings. The predicted octanol–water partition coefficient (Wildman–Crippen LogP) is 2.91. The molecule has 0 aromatic heterocycles. The minimum absolute atomic E-state index is 0.0593. The minimum atomic E-state index is -0.110. The van der Waals surface area contributed by atoms with Gasteiger partial charge in [0.25, 0.3) is 0 Å². The van der Waals surface area contributed by atoms with Crippen LogP contribution in [0.5, 0.6) is 0 Å². The molecule has 2 fully saturated rings. The van der Waals surface area contributed by atoms with Crippen LogP contribution in [-0.2, 0) is 32.2 Å². The van der Waals surface area contributed by atoms with Gasteiger partial charge in [0.15, 0.2) is 6.29 Å². The smallest absolute Gasteiger partial charge is 0.187 e. The van der Waals surface area contributed by atoms with Crippen LogP contribution in [0.25, 0.3) is 0 Å². The Kier molecular flexibility index (Phi) is 4.39. The molecule has 120 valence electrons. The summed E-state index contributed by atoms with van der Waals surface area (Å²) in [5.74, 6) is 0. The molecule has 4 heteroatoms. The average Bonchev–Trinajstić information content (AvgIpc) is 3.28. The quantitative estimate of drug-likeness (QED) is 0.737. The highest BCUT2D eigenvalue weighted by molar-refractivity contribution is 5.14. The number of hydrogen-bond donors (Lipinski definition) is 0. The highest BCUT2D eigenvalue weighted by Crippen LogP contribution is 2.39. The van der Waals surface area contributed by atoms with Gasteiger partial charge in [-0.05, 0) is 11.1 Å². The van der Waals surface area contributed by atoms with E-state index in [4.69, 9.17) is 18.9 Å². The molecule has 4 rings (SSSR count). The standard InChI is InChI=1S/C19H20O4/c1-3-7-14(8-4-1)11-20-13-16-17(18-19(22-16)23-18)21-12-15-9-5-2-6-10-15/h1-10,16-19H,11-13H2/t16-,17+,18+,19+/m1/s1. The van der Waals surface area contributed by atoms with Crippen molar-refractivity contribution in [2.75, 3.05) is 6.61 Å². The summed E-state index contributed by atoms with van der Waals surface area (Å²) in [6, 6.07) is 20.3. The number of epoxide rings is 1. The van der Waals surface area contributed by atoms with E-state index in [1.165, 1.54) is 0 Å². The van der Waals surface area contributed by atoms with Crippen molar-refractivity contribution in [2.24, 2.45) is 0 Å². The third-order valence-corrected chi connectivity index (χ3v) is 4.16. The van der Waals surface area contributed by atoms with Crippen molar-refractivity contribution >= 4 is 0 Å². The number of benzene rings is 2. The molecule has 2 aliphatic heterocycles. The van der Waals surface area contributed by atoms with Crippen LogP contribution in [-0.4, -0.2) is 31.2 Å². The molecule has 23 heavy (non-hydrogen) atoms. The van der Waals surface area contributed by atoms with Crippen LogP contribution in [0.4, 0.5) is 0 Å². The first kappa shape index (κ1) is 14.8. The zero-order valence-electron chi connectivity index (χ0n) is 12.8. The first-order valence-electron chi connectivity index (χ1n) is 7.98. The van der Waals surface area contributed by atoms with Gasteiger partial charge in [-0.15, -0.1) is 0 Å². The molecule has 0 amide bonds. The van der Waals surface area contributed by atoms with Crippen LogP contribution in [0.15, 0.2) is 60.7 Å². The van der Waals surface area contributed by atoms with Gasteiger partial charge in [-0.25, -0.2) is 0 Å². The number of hydrogen-bond acceptors (Lipinski definition) is 4. The summed E-state index contributed by atoms with van der Waals surface area (Å²) in [7, 11) is 0. The summed E-state index contributed by atoms with van der Waals surface area (Å²) >= 11 is 0. The molecule has 0 saturated carbocycles. The number of fused-ring (bicyclic) bond motifs is 1. The molecule has 0 bridgehead atoms. The monoisotopic (exact) mass is 312 g/mol. The van der Waals surface area contributed by atoms with E-state index in [0.717, 1.165) is 11.1 Å². The molecule has 2 aliphatic rings. The summed E-state index contributed by atoms with van der Waals surface area (Å²) in [5.41, 5.74) is 2.31. The van der Waals surface area contributed by atoms with Gasteiger partial charge in [-0.2, -0.15) is 0 Å². The normalized spacial score (nSPS) is 28.5. The van der Waals surface area contributed by atoms with Gasteiger partial charge in [-0.1, -0.05) is 60.7 Å². The Morgan fingerprint density at radius 1 is 0.783 bits per heavy atom. The van der Waals surface area contributed by atoms with E-state index in [1.54, 1.807) is 0 Å². The van der Waals surface area contributed by atoms with Crippen molar-refractivity contribution in [3.05, 3.63) is 71.8 Å². The van der Waals surface area contributed by atoms with Crippen molar-refractivity contribution in [2.45, 2.75) is 37.8 Å². The Hall–Kier alpha value is -1.72. The Morgan fingerprint density at radius 3 is 2.13 bits per heavy atom. The third-order valence-electron chi connectivity index (χ3n) is 4.16. The molecular formula is C19H20O4. The first-order chi connectivity index (χ1) is 11.4. The van der Waals surface area contributed by atoms with E-state index in [0.29, 0.717) is 19.8 Å². The summed E-state index contributed by atoms with van der Waals surface area (Å²) in [6.45, 7) is 1.67. The van der Waals surface area contributed by atoms with Gasteiger partial charge >= 0.3 is 0 Å². The minimum Gasteiger partial charge on any atom is -0.374 e. The molecule has 0 N–H and O–H groups in total. The molecule has 0 spiro atoms. The average molecular weight is 312 g/mol. The van der Waals surface area contributed by atoms with E-state index in [2.05, 4.69) is 24.3 Å². The lowest BCUT2D eigenvalue weighted by Gasteiger charge is -2.21. The molecule has 2 heterocycles. The zero-order chi connectivity index (χ0) is 15.5. The lowest BCUT2D eigenvalue weighted by molar-refractivity contribution is -0.124. The topological polar surface area (TPSA) is 40.2 Å². The lowest BCUT2D eigenvalue weighted by Crippen LogP contribution is -2.34. The molecule has 0 aliphatic carbocycles. The van der Waals surface area contributed by atoms with Gasteiger partial charge in [0, 0.05) is 0 Å². The molecule has 0 unspecified atom stereocenters. The highest BCUT2D eigenvalue weighted by Gasteiger charge is 2.58. The van der Waals surface area contributed by atoms with Gasteiger partial charge in [0.05, 0.1) is 19.8 Å². The maximum Gasteiger partial charge on any atom is 0.187 e. The van der Waals surface area contributed by atoms with Crippen LogP contribution < -0.4 is 0 Å². The summed E-state index contributed by atoms with van der Waals surface area (Å²) < 4.78 is 23.1. The van der Waals surface area contributed by atoms with E-state index in [1.807, 2.05) is 36.4 Å². The summed E-state index contributed by atoms with van der Waals surface area (Å²) in [5, 5.41) is 0. The van der Waals surface area contributed by atoms with Gasteiger partial charge in [-0.3, -0.25) is 0 Å². The molecule has 4 nitrogen and oxygen atoms in total. The Labute approximate surface area is 135 Å². The highest BCUT2D eigenvalue weighted by atomic mass is 16.8. The van der Waals surface area contributed by atoms with Crippen molar-refractivity contribution in [1.82, 2.24) is 0 Å². The number of ether oxygens (including phenoxy) is 4. The number of rotatable bonds is 7. The molecule has 0 radical (unpaired) electrons. The molecule has 2 saturated heterocycles. The SMILES string of the molecule is c1ccc(COC[C@H]2O[C@H]3O[C@H]3[C@H]2OCc2ccccc2)cc1. The maximum atomic E-state index is 6.03. The van der Waals surface area contributed by atoms with Crippen molar-refractivity contribution in [1.29, 1.82) is 0 Å².